The third-order valence-corrected chi connectivity index (χ3v) is 2.46. The smallest absolute Gasteiger partial charge is 0.337 e. The molecule has 3 aromatic heterocycles. The van der Waals surface area contributed by atoms with E-state index in [9.17, 15) is 4.79 Å². The Balaban J connectivity index is 1.99. The van der Waals surface area contributed by atoms with E-state index in [0.717, 1.165) is 0 Å². The summed E-state index contributed by atoms with van der Waals surface area (Å²) in [5.74, 6) is -0.417. The van der Waals surface area contributed by atoms with E-state index in [1.165, 1.54) is 18.5 Å². The highest BCUT2D eigenvalue weighted by Gasteiger charge is 2.09. The average molecular weight is 256 g/mol. The molecular formula is C12H8N4O3. The van der Waals surface area contributed by atoms with Crippen LogP contribution in [0.4, 0.5) is 0 Å². The van der Waals surface area contributed by atoms with Crippen molar-refractivity contribution in [3.05, 3.63) is 48.7 Å². The fourth-order valence-electron chi connectivity index (χ4n) is 1.61. The molecule has 3 rings (SSSR count). The number of rotatable bonds is 3. The molecule has 0 atom stereocenters. The monoisotopic (exact) mass is 256 g/mol. The Morgan fingerprint density at radius 2 is 2.21 bits per heavy atom. The quantitative estimate of drug-likeness (QED) is 0.765. The minimum atomic E-state index is -1.06. The van der Waals surface area contributed by atoms with Crippen molar-refractivity contribution in [2.24, 2.45) is 0 Å². The number of carboxylic acids is 1. The number of aromatic carboxylic acids is 1. The average Bonchev–Trinajstić information content (AvgIpc) is 2.88. The van der Waals surface area contributed by atoms with Gasteiger partial charge in [-0.2, -0.15) is 5.10 Å². The highest BCUT2D eigenvalue weighted by molar-refractivity contribution is 5.87. The predicted molar refractivity (Wildman–Crippen MR) is 64.3 cm³/mol. The number of nitrogens with zero attached hydrogens (tertiary/aromatic N) is 4. The van der Waals surface area contributed by atoms with Crippen LogP contribution < -0.4 is 4.74 Å². The summed E-state index contributed by atoms with van der Waals surface area (Å²) in [6.07, 6.45) is 7.53. The molecule has 0 aliphatic rings. The maximum absolute atomic E-state index is 10.9. The minimum absolute atomic E-state index is 0.0537. The van der Waals surface area contributed by atoms with E-state index in [0.29, 0.717) is 17.1 Å². The van der Waals surface area contributed by atoms with Crippen LogP contribution in [0.25, 0.3) is 5.52 Å². The van der Waals surface area contributed by atoms with Gasteiger partial charge in [0.25, 0.3) is 0 Å². The van der Waals surface area contributed by atoms with Crippen LogP contribution in [0.2, 0.25) is 0 Å². The van der Waals surface area contributed by atoms with Crippen molar-refractivity contribution >= 4 is 11.5 Å². The Hall–Kier alpha value is -2.96. The van der Waals surface area contributed by atoms with Crippen LogP contribution in [0.5, 0.6) is 11.6 Å². The molecule has 7 heteroatoms. The molecule has 0 bridgehead atoms. The first-order valence-electron chi connectivity index (χ1n) is 5.38. The molecule has 0 spiro atoms. The first-order valence-corrected chi connectivity index (χ1v) is 5.38. The first kappa shape index (κ1) is 11.1. The second-order valence-electron chi connectivity index (χ2n) is 3.71. The largest absolute Gasteiger partial charge is 0.478 e. The summed E-state index contributed by atoms with van der Waals surface area (Å²) in [7, 11) is 0. The van der Waals surface area contributed by atoms with Crippen LogP contribution in [0.1, 0.15) is 10.4 Å². The van der Waals surface area contributed by atoms with Crippen molar-refractivity contribution in [2.75, 3.05) is 0 Å². The zero-order valence-electron chi connectivity index (χ0n) is 9.59. The van der Waals surface area contributed by atoms with Crippen LogP contribution in [0.15, 0.2) is 43.1 Å². The van der Waals surface area contributed by atoms with Crippen molar-refractivity contribution < 1.29 is 14.6 Å². The third-order valence-electron chi connectivity index (χ3n) is 2.46. The van der Waals surface area contributed by atoms with Crippen molar-refractivity contribution in [3.63, 3.8) is 0 Å². The lowest BCUT2D eigenvalue weighted by molar-refractivity contribution is 0.0696. The van der Waals surface area contributed by atoms with Gasteiger partial charge in [-0.3, -0.25) is 4.98 Å². The topological polar surface area (TPSA) is 89.6 Å². The molecule has 3 aromatic rings. The van der Waals surface area contributed by atoms with E-state index in [1.807, 2.05) is 0 Å². The van der Waals surface area contributed by atoms with E-state index >= 15 is 0 Å². The SMILES string of the molecule is O=C(O)c1cncc(Oc2nccn3nccc23)c1. The van der Waals surface area contributed by atoms with Gasteiger partial charge in [-0.1, -0.05) is 0 Å². The lowest BCUT2D eigenvalue weighted by Gasteiger charge is -2.05. The summed E-state index contributed by atoms with van der Waals surface area (Å²) in [4.78, 5) is 18.8. The Bertz CT molecular complexity index is 753. The van der Waals surface area contributed by atoms with E-state index in [1.54, 1.807) is 29.2 Å². The molecule has 94 valence electrons. The summed E-state index contributed by atoms with van der Waals surface area (Å²) < 4.78 is 7.15. The molecule has 0 fully saturated rings. The molecule has 1 N–H and O–H groups in total. The summed E-state index contributed by atoms with van der Waals surface area (Å²) in [5.41, 5.74) is 0.737. The lowest BCUT2D eigenvalue weighted by atomic mass is 10.3. The molecule has 0 aromatic carbocycles. The standard InChI is InChI=1S/C12H8N4O3/c17-12(18)8-5-9(7-13-6-8)19-11-10-1-2-15-16(10)4-3-14-11/h1-7H,(H,17,18). The summed E-state index contributed by atoms with van der Waals surface area (Å²) >= 11 is 0. The summed E-state index contributed by atoms with van der Waals surface area (Å²) in [5, 5.41) is 12.9. The fraction of sp³-hybridized carbons (Fsp3) is 0. The summed E-state index contributed by atoms with van der Waals surface area (Å²) in [6, 6.07) is 3.13. The molecule has 0 amide bonds. The van der Waals surface area contributed by atoms with Crippen molar-refractivity contribution in [1.82, 2.24) is 19.6 Å². The Kier molecular flexibility index (Phi) is 2.57. The van der Waals surface area contributed by atoms with Crippen molar-refractivity contribution in [1.29, 1.82) is 0 Å². The second kappa shape index (κ2) is 4.37. The number of hydrogen-bond acceptors (Lipinski definition) is 5. The van der Waals surface area contributed by atoms with Gasteiger partial charge in [0.2, 0.25) is 5.88 Å². The van der Waals surface area contributed by atoms with Gasteiger partial charge >= 0.3 is 5.97 Å². The predicted octanol–water partition coefficient (Wildman–Crippen LogP) is 1.61. The summed E-state index contributed by atoms with van der Waals surface area (Å²) in [6.45, 7) is 0. The molecule has 0 aliphatic heterocycles. The fourth-order valence-corrected chi connectivity index (χ4v) is 1.61. The van der Waals surface area contributed by atoms with Gasteiger partial charge in [-0.05, 0) is 12.1 Å². The van der Waals surface area contributed by atoms with Gasteiger partial charge in [0.05, 0.1) is 18.0 Å². The van der Waals surface area contributed by atoms with Gasteiger partial charge in [0.15, 0.2) is 0 Å². The van der Waals surface area contributed by atoms with Crippen molar-refractivity contribution in [2.45, 2.75) is 0 Å². The Morgan fingerprint density at radius 3 is 3.05 bits per heavy atom. The second-order valence-corrected chi connectivity index (χ2v) is 3.71. The number of hydrogen-bond donors (Lipinski definition) is 1. The molecular weight excluding hydrogens is 248 g/mol. The van der Waals surface area contributed by atoms with Gasteiger partial charge in [0.1, 0.15) is 11.3 Å². The van der Waals surface area contributed by atoms with Gasteiger partial charge in [-0.25, -0.2) is 14.3 Å². The maximum Gasteiger partial charge on any atom is 0.337 e. The minimum Gasteiger partial charge on any atom is -0.478 e. The molecule has 0 saturated carbocycles. The Labute approximate surface area is 107 Å². The molecule has 3 heterocycles. The van der Waals surface area contributed by atoms with Gasteiger partial charge in [-0.15, -0.1) is 0 Å². The van der Waals surface area contributed by atoms with E-state index in [2.05, 4.69) is 15.1 Å². The first-order chi connectivity index (χ1) is 9.24. The number of carboxylic acid groups (broad SMARTS) is 1. The number of pyridine rings is 1. The highest BCUT2D eigenvalue weighted by Crippen LogP contribution is 2.23. The molecule has 0 aliphatic carbocycles. The van der Waals surface area contributed by atoms with Crippen molar-refractivity contribution in [3.8, 4) is 11.6 Å². The molecule has 7 nitrogen and oxygen atoms in total. The van der Waals surface area contributed by atoms with Crippen LogP contribution in [-0.2, 0) is 0 Å². The van der Waals surface area contributed by atoms with Crippen LogP contribution in [0.3, 0.4) is 0 Å². The van der Waals surface area contributed by atoms with Crippen LogP contribution in [-0.4, -0.2) is 30.7 Å². The zero-order valence-corrected chi connectivity index (χ0v) is 9.59. The number of aromatic nitrogens is 4. The molecule has 0 unspecified atom stereocenters. The van der Waals surface area contributed by atoms with Gasteiger partial charge in [0, 0.05) is 18.6 Å². The molecule has 0 saturated heterocycles. The van der Waals surface area contributed by atoms with Gasteiger partial charge < -0.3 is 9.84 Å². The molecule has 0 radical (unpaired) electrons. The van der Waals surface area contributed by atoms with E-state index in [-0.39, 0.29) is 5.56 Å². The zero-order chi connectivity index (χ0) is 13.2. The number of carbonyl (C=O) groups is 1. The van der Waals surface area contributed by atoms with E-state index in [4.69, 9.17) is 9.84 Å². The van der Waals surface area contributed by atoms with Crippen LogP contribution >= 0.6 is 0 Å². The maximum atomic E-state index is 10.9. The van der Waals surface area contributed by atoms with Crippen LogP contribution in [0, 0.1) is 0 Å². The third kappa shape index (κ3) is 2.08. The number of ether oxygens (including phenoxy) is 1. The van der Waals surface area contributed by atoms with E-state index < -0.39 is 5.97 Å². The number of fused-ring (bicyclic) bond motifs is 1. The molecule has 19 heavy (non-hydrogen) atoms. The highest BCUT2D eigenvalue weighted by atomic mass is 16.5. The Morgan fingerprint density at radius 1 is 1.32 bits per heavy atom. The lowest BCUT2D eigenvalue weighted by Crippen LogP contribution is -1.99. The normalized spacial score (nSPS) is 10.5.